The van der Waals surface area contributed by atoms with Crippen LogP contribution in [0.4, 0.5) is 5.82 Å². The van der Waals surface area contributed by atoms with Crippen molar-refractivity contribution in [3.63, 3.8) is 0 Å². The lowest BCUT2D eigenvalue weighted by Gasteiger charge is -2.17. The third-order valence-electron chi connectivity index (χ3n) is 3.66. The first-order valence-corrected chi connectivity index (χ1v) is 6.34. The van der Waals surface area contributed by atoms with Crippen LogP contribution in [0, 0.1) is 0 Å². The number of rotatable bonds is 2. The number of ether oxygens (including phenoxy) is 1. The van der Waals surface area contributed by atoms with Gasteiger partial charge in [-0.3, -0.25) is 4.79 Å². The molecule has 6 N–H and O–H groups in total. The number of aromatic nitrogens is 3. The molecule has 1 aliphatic heterocycles. The van der Waals surface area contributed by atoms with Gasteiger partial charge in [0, 0.05) is 6.20 Å². The largest absolute Gasteiger partial charge is 0.388 e. The van der Waals surface area contributed by atoms with Gasteiger partial charge >= 0.3 is 0 Å². The van der Waals surface area contributed by atoms with Crippen molar-refractivity contribution in [3.8, 4) is 0 Å². The number of nitrogens with two attached hydrogens (primary N) is 2. The van der Waals surface area contributed by atoms with Gasteiger partial charge in [-0.1, -0.05) is 0 Å². The number of hydrogen-bond donors (Lipinski definition) is 4. The second kappa shape index (κ2) is 4.65. The Bertz CT molecular complexity index is 715. The van der Waals surface area contributed by atoms with Crippen LogP contribution in [-0.2, 0) is 4.74 Å². The molecule has 1 fully saturated rings. The summed E-state index contributed by atoms with van der Waals surface area (Å²) in [4.78, 5) is 19.4. The fourth-order valence-electron chi connectivity index (χ4n) is 2.55. The van der Waals surface area contributed by atoms with E-state index >= 15 is 0 Å². The molecule has 1 saturated heterocycles. The smallest absolute Gasteiger partial charge is 0.251 e. The van der Waals surface area contributed by atoms with E-state index in [2.05, 4.69) is 9.97 Å². The summed E-state index contributed by atoms with van der Waals surface area (Å²) in [7, 11) is 0. The van der Waals surface area contributed by atoms with E-state index in [-0.39, 0.29) is 11.4 Å². The van der Waals surface area contributed by atoms with E-state index in [0.717, 1.165) is 0 Å². The Hall–Kier alpha value is -2.23. The summed E-state index contributed by atoms with van der Waals surface area (Å²) in [6.45, 7) is 1.64. The summed E-state index contributed by atoms with van der Waals surface area (Å²) in [6.07, 6.45) is -1.01. The first-order valence-electron chi connectivity index (χ1n) is 6.34. The molecule has 1 unspecified atom stereocenters. The Morgan fingerprint density at radius 2 is 2.10 bits per heavy atom. The number of hydrogen-bond acceptors (Lipinski definition) is 7. The number of carbonyl (C=O) groups is 1. The van der Waals surface area contributed by atoms with Crippen molar-refractivity contribution in [3.05, 3.63) is 18.1 Å². The fourth-order valence-corrected chi connectivity index (χ4v) is 2.55. The molecule has 0 bridgehead atoms. The molecule has 9 nitrogen and oxygen atoms in total. The van der Waals surface area contributed by atoms with Gasteiger partial charge in [-0.15, -0.1) is 0 Å². The molecule has 9 heteroatoms. The molecule has 0 saturated carbocycles. The van der Waals surface area contributed by atoms with Crippen molar-refractivity contribution in [2.45, 2.75) is 31.5 Å². The zero-order valence-electron chi connectivity index (χ0n) is 11.2. The predicted octanol–water partition coefficient (Wildman–Crippen LogP) is -1.25. The summed E-state index contributed by atoms with van der Waals surface area (Å²) in [5.74, 6) is -0.588. The summed E-state index contributed by atoms with van der Waals surface area (Å²) in [5, 5.41) is 20.2. The molecule has 112 valence electrons. The third kappa shape index (κ3) is 1.94. The molecular formula is C12H15N5O4. The van der Waals surface area contributed by atoms with Gasteiger partial charge in [0.05, 0.1) is 17.1 Å². The van der Waals surface area contributed by atoms with Gasteiger partial charge in [-0.05, 0) is 6.92 Å². The maximum atomic E-state index is 11.6. The minimum absolute atomic E-state index is 0.105. The molecule has 21 heavy (non-hydrogen) atoms. The minimum Gasteiger partial charge on any atom is -0.388 e. The molecule has 3 rings (SSSR count). The van der Waals surface area contributed by atoms with Gasteiger partial charge in [-0.2, -0.15) is 0 Å². The average molecular weight is 293 g/mol. The molecule has 0 aromatic carbocycles. The lowest BCUT2D eigenvalue weighted by Crippen LogP contribution is -2.30. The zero-order chi connectivity index (χ0) is 15.3. The summed E-state index contributed by atoms with van der Waals surface area (Å²) < 4.78 is 6.96. The van der Waals surface area contributed by atoms with E-state index in [4.69, 9.17) is 16.2 Å². The lowest BCUT2D eigenvalue weighted by atomic mass is 10.1. The number of fused-ring (bicyclic) bond motifs is 1. The molecule has 1 aliphatic rings. The minimum atomic E-state index is -1.16. The van der Waals surface area contributed by atoms with Gasteiger partial charge in [0.15, 0.2) is 6.23 Å². The number of primary amides is 1. The quantitative estimate of drug-likeness (QED) is 0.540. The molecule has 2 aromatic heterocycles. The molecular weight excluding hydrogens is 278 g/mol. The van der Waals surface area contributed by atoms with Crippen molar-refractivity contribution in [1.29, 1.82) is 0 Å². The predicted molar refractivity (Wildman–Crippen MR) is 72.1 cm³/mol. The fraction of sp³-hybridized carbons (Fsp3) is 0.417. The number of aliphatic hydroxyl groups is 2. The number of aliphatic hydroxyl groups excluding tert-OH is 2. The topological polar surface area (TPSA) is 150 Å². The normalized spacial score (nSPS) is 29.1. The van der Waals surface area contributed by atoms with Crippen LogP contribution in [0.1, 0.15) is 23.5 Å². The summed E-state index contributed by atoms with van der Waals surface area (Å²) in [5.41, 5.74) is 11.5. The van der Waals surface area contributed by atoms with Gasteiger partial charge in [0.25, 0.3) is 5.91 Å². The van der Waals surface area contributed by atoms with E-state index in [1.807, 2.05) is 0 Å². The monoisotopic (exact) mass is 293 g/mol. The second-order valence-electron chi connectivity index (χ2n) is 4.98. The Balaban J connectivity index is 2.20. The van der Waals surface area contributed by atoms with Gasteiger partial charge in [-0.25, -0.2) is 9.97 Å². The second-order valence-corrected chi connectivity index (χ2v) is 4.98. The van der Waals surface area contributed by atoms with Crippen LogP contribution in [0.25, 0.3) is 11.0 Å². The molecule has 2 aromatic rings. The number of carbonyl (C=O) groups excluding carboxylic acids is 1. The van der Waals surface area contributed by atoms with Crippen LogP contribution in [0.3, 0.4) is 0 Å². The van der Waals surface area contributed by atoms with Crippen LogP contribution < -0.4 is 11.5 Å². The molecule has 3 heterocycles. The van der Waals surface area contributed by atoms with E-state index in [0.29, 0.717) is 11.0 Å². The van der Waals surface area contributed by atoms with Crippen LogP contribution in [0.2, 0.25) is 0 Å². The highest BCUT2D eigenvalue weighted by molar-refractivity contribution is 6.08. The Labute approximate surface area is 119 Å². The van der Waals surface area contributed by atoms with Crippen LogP contribution >= 0.6 is 0 Å². The maximum absolute atomic E-state index is 11.6. The van der Waals surface area contributed by atoms with Crippen molar-refractivity contribution in [1.82, 2.24) is 14.5 Å². The molecule has 0 spiro atoms. The van der Waals surface area contributed by atoms with E-state index in [1.165, 1.54) is 17.1 Å². The van der Waals surface area contributed by atoms with Crippen molar-refractivity contribution < 1.29 is 19.7 Å². The van der Waals surface area contributed by atoms with Crippen molar-refractivity contribution >= 4 is 22.8 Å². The number of amides is 1. The van der Waals surface area contributed by atoms with Crippen LogP contribution in [0.5, 0.6) is 0 Å². The average Bonchev–Trinajstić information content (AvgIpc) is 2.94. The summed E-state index contributed by atoms with van der Waals surface area (Å²) >= 11 is 0. The maximum Gasteiger partial charge on any atom is 0.251 e. The Morgan fingerprint density at radius 1 is 1.38 bits per heavy atom. The van der Waals surface area contributed by atoms with E-state index < -0.39 is 30.4 Å². The van der Waals surface area contributed by atoms with Gasteiger partial charge in [0.2, 0.25) is 0 Å². The highest BCUT2D eigenvalue weighted by Gasteiger charge is 2.42. The van der Waals surface area contributed by atoms with E-state index in [9.17, 15) is 15.0 Å². The van der Waals surface area contributed by atoms with Crippen molar-refractivity contribution in [2.75, 3.05) is 5.73 Å². The van der Waals surface area contributed by atoms with Gasteiger partial charge < -0.3 is 31.0 Å². The zero-order valence-corrected chi connectivity index (χ0v) is 11.2. The SMILES string of the molecule is C[C@H]1OC(n2cc(C(N)=O)c3c(N)ncnc32)[C@H](O)[C@@H]1O. The molecule has 0 aliphatic carbocycles. The highest BCUT2D eigenvalue weighted by Crippen LogP contribution is 2.34. The molecule has 1 amide bonds. The van der Waals surface area contributed by atoms with Gasteiger partial charge in [0.1, 0.15) is 30.0 Å². The molecule has 4 atom stereocenters. The van der Waals surface area contributed by atoms with Crippen LogP contribution in [-0.4, -0.2) is 49.0 Å². The number of nitrogens with zero attached hydrogens (tertiary/aromatic N) is 3. The molecule has 0 radical (unpaired) electrons. The Morgan fingerprint density at radius 3 is 2.67 bits per heavy atom. The Kier molecular flexibility index (Phi) is 3.04. The standard InChI is InChI=1S/C12H15N5O4/c1-4-7(18)8(19)12(21-4)17-2-5(10(14)20)6-9(13)15-3-16-11(6)17/h2-4,7-8,12,18-19H,1H3,(H2,14,20)(H2,13,15,16)/t4-,7-,8-,12?/m1/s1. The van der Waals surface area contributed by atoms with Crippen molar-refractivity contribution in [2.24, 2.45) is 5.73 Å². The van der Waals surface area contributed by atoms with Crippen LogP contribution in [0.15, 0.2) is 12.5 Å². The number of nitrogen functional groups attached to an aromatic ring is 1. The first kappa shape index (κ1) is 13.7. The third-order valence-corrected chi connectivity index (χ3v) is 3.66. The lowest BCUT2D eigenvalue weighted by molar-refractivity contribution is -0.0296. The number of anilines is 1. The highest BCUT2D eigenvalue weighted by atomic mass is 16.6. The van der Waals surface area contributed by atoms with E-state index in [1.54, 1.807) is 6.92 Å². The summed E-state index contributed by atoms with van der Waals surface area (Å²) in [6, 6.07) is 0. The first-order chi connectivity index (χ1) is 9.91.